The number of carboxylic acid groups (broad SMARTS) is 1. The SMILES string of the molecule is CCc1nn(C)c2c1NC(=O)C(CC(=O)O)N2. The molecule has 2 rings (SSSR count). The average Bonchev–Trinajstić information content (AvgIpc) is 2.55. The summed E-state index contributed by atoms with van der Waals surface area (Å²) in [5.74, 6) is -0.686. The Morgan fingerprint density at radius 2 is 2.29 bits per heavy atom. The number of hydrogen-bond acceptors (Lipinski definition) is 4. The van der Waals surface area contributed by atoms with E-state index in [-0.39, 0.29) is 12.3 Å². The number of nitrogens with one attached hydrogen (secondary N) is 2. The molecule has 0 saturated heterocycles. The van der Waals surface area contributed by atoms with E-state index in [1.807, 2.05) is 6.92 Å². The highest BCUT2D eigenvalue weighted by Gasteiger charge is 2.31. The maximum Gasteiger partial charge on any atom is 0.305 e. The van der Waals surface area contributed by atoms with Gasteiger partial charge in [-0.05, 0) is 6.42 Å². The molecule has 0 radical (unpaired) electrons. The third kappa shape index (κ3) is 1.95. The lowest BCUT2D eigenvalue weighted by molar-refractivity contribution is -0.138. The summed E-state index contributed by atoms with van der Waals surface area (Å²) in [5, 5.41) is 18.6. The molecular weight excluding hydrogens is 224 g/mol. The lowest BCUT2D eigenvalue weighted by atomic mass is 10.1. The number of aliphatic carboxylic acids is 1. The molecule has 2 heterocycles. The number of aromatic nitrogens is 2. The summed E-state index contributed by atoms with van der Waals surface area (Å²) < 4.78 is 1.61. The molecule has 0 saturated carbocycles. The van der Waals surface area contributed by atoms with Gasteiger partial charge < -0.3 is 15.7 Å². The first-order chi connectivity index (χ1) is 8.02. The normalized spacial score (nSPS) is 18.2. The van der Waals surface area contributed by atoms with Gasteiger partial charge in [-0.3, -0.25) is 14.3 Å². The Morgan fingerprint density at radius 1 is 1.59 bits per heavy atom. The van der Waals surface area contributed by atoms with Crippen molar-refractivity contribution in [1.82, 2.24) is 9.78 Å². The number of anilines is 2. The standard InChI is InChI=1S/C10H14N4O3/c1-3-5-8-9(14(2)13-5)11-6(4-7(15)16)10(17)12-8/h6,11H,3-4H2,1-2H3,(H,12,17)(H,15,16). The van der Waals surface area contributed by atoms with Gasteiger partial charge in [0.15, 0.2) is 0 Å². The molecule has 0 aliphatic carbocycles. The fourth-order valence-electron chi connectivity index (χ4n) is 1.88. The van der Waals surface area contributed by atoms with Crippen molar-refractivity contribution in [3.63, 3.8) is 0 Å². The smallest absolute Gasteiger partial charge is 0.305 e. The van der Waals surface area contributed by atoms with E-state index in [0.29, 0.717) is 17.9 Å². The maximum atomic E-state index is 11.7. The molecule has 92 valence electrons. The van der Waals surface area contributed by atoms with Gasteiger partial charge in [0.05, 0.1) is 12.1 Å². The van der Waals surface area contributed by atoms with Crippen LogP contribution in [0, 0.1) is 0 Å². The minimum absolute atomic E-state index is 0.252. The van der Waals surface area contributed by atoms with Gasteiger partial charge in [-0.2, -0.15) is 5.10 Å². The quantitative estimate of drug-likeness (QED) is 0.698. The summed E-state index contributed by atoms with van der Waals surface area (Å²) >= 11 is 0. The molecule has 7 heteroatoms. The molecule has 0 fully saturated rings. The van der Waals surface area contributed by atoms with Crippen LogP contribution in [-0.4, -0.2) is 32.8 Å². The van der Waals surface area contributed by atoms with Gasteiger partial charge in [0, 0.05) is 7.05 Å². The van der Waals surface area contributed by atoms with Crippen LogP contribution in [0.5, 0.6) is 0 Å². The van der Waals surface area contributed by atoms with Crippen molar-refractivity contribution in [2.24, 2.45) is 7.05 Å². The van der Waals surface area contributed by atoms with E-state index in [2.05, 4.69) is 15.7 Å². The predicted molar refractivity (Wildman–Crippen MR) is 60.9 cm³/mol. The summed E-state index contributed by atoms with van der Waals surface area (Å²) in [6.07, 6.45) is 0.451. The number of nitrogens with zero attached hydrogens (tertiary/aromatic N) is 2. The van der Waals surface area contributed by atoms with E-state index in [1.54, 1.807) is 11.7 Å². The van der Waals surface area contributed by atoms with Gasteiger partial charge in [0.2, 0.25) is 5.91 Å². The van der Waals surface area contributed by atoms with Gasteiger partial charge in [-0.15, -0.1) is 0 Å². The summed E-state index contributed by atoms with van der Waals surface area (Å²) in [5.41, 5.74) is 1.44. The lowest BCUT2D eigenvalue weighted by Crippen LogP contribution is -2.40. The van der Waals surface area contributed by atoms with Gasteiger partial charge in [0.1, 0.15) is 17.5 Å². The number of aryl methyl sites for hydroxylation is 2. The topological polar surface area (TPSA) is 96.2 Å². The summed E-state index contributed by atoms with van der Waals surface area (Å²) in [6.45, 7) is 1.94. The molecule has 7 nitrogen and oxygen atoms in total. The van der Waals surface area contributed by atoms with Gasteiger partial charge in [-0.1, -0.05) is 6.92 Å². The van der Waals surface area contributed by atoms with Crippen LogP contribution in [0.1, 0.15) is 19.0 Å². The molecule has 0 aromatic carbocycles. The molecule has 0 spiro atoms. The van der Waals surface area contributed by atoms with Crippen LogP contribution in [0.2, 0.25) is 0 Å². The molecule has 3 N–H and O–H groups in total. The highest BCUT2D eigenvalue weighted by atomic mass is 16.4. The van der Waals surface area contributed by atoms with Crippen molar-refractivity contribution in [2.45, 2.75) is 25.8 Å². The first-order valence-electron chi connectivity index (χ1n) is 5.38. The van der Waals surface area contributed by atoms with E-state index in [0.717, 1.165) is 5.69 Å². The largest absolute Gasteiger partial charge is 0.481 e. The van der Waals surface area contributed by atoms with Crippen molar-refractivity contribution in [3.8, 4) is 0 Å². The van der Waals surface area contributed by atoms with Crippen molar-refractivity contribution in [1.29, 1.82) is 0 Å². The fraction of sp³-hybridized carbons (Fsp3) is 0.500. The summed E-state index contributed by atoms with van der Waals surface area (Å²) in [4.78, 5) is 22.3. The Hall–Kier alpha value is -2.05. The minimum atomic E-state index is -1.01. The third-order valence-corrected chi connectivity index (χ3v) is 2.71. The second-order valence-corrected chi connectivity index (χ2v) is 3.93. The average molecular weight is 238 g/mol. The van der Waals surface area contributed by atoms with E-state index in [4.69, 9.17) is 5.11 Å². The van der Waals surface area contributed by atoms with Crippen LogP contribution in [0.15, 0.2) is 0 Å². The van der Waals surface area contributed by atoms with E-state index < -0.39 is 12.0 Å². The second kappa shape index (κ2) is 4.08. The van der Waals surface area contributed by atoms with Gasteiger partial charge in [0.25, 0.3) is 0 Å². The minimum Gasteiger partial charge on any atom is -0.481 e. The second-order valence-electron chi connectivity index (χ2n) is 3.93. The molecule has 1 aromatic rings. The summed E-state index contributed by atoms with van der Waals surface area (Å²) in [7, 11) is 1.75. The Labute approximate surface area is 97.8 Å². The zero-order valence-corrected chi connectivity index (χ0v) is 9.65. The fourth-order valence-corrected chi connectivity index (χ4v) is 1.88. The number of rotatable bonds is 3. The van der Waals surface area contributed by atoms with E-state index in [9.17, 15) is 9.59 Å². The van der Waals surface area contributed by atoms with Crippen molar-refractivity contribution >= 4 is 23.4 Å². The number of hydrogen-bond donors (Lipinski definition) is 3. The van der Waals surface area contributed by atoms with Crippen LogP contribution >= 0.6 is 0 Å². The molecule has 1 aliphatic heterocycles. The first kappa shape index (κ1) is 11.4. The number of fused-ring (bicyclic) bond motifs is 1. The number of amides is 1. The highest BCUT2D eigenvalue weighted by Crippen LogP contribution is 2.30. The number of carboxylic acids is 1. The zero-order valence-electron chi connectivity index (χ0n) is 9.65. The van der Waals surface area contributed by atoms with Crippen molar-refractivity contribution in [3.05, 3.63) is 5.69 Å². The van der Waals surface area contributed by atoms with E-state index >= 15 is 0 Å². The van der Waals surface area contributed by atoms with Crippen LogP contribution in [0.4, 0.5) is 11.5 Å². The lowest BCUT2D eigenvalue weighted by Gasteiger charge is -2.24. The number of carbonyl (C=O) groups excluding carboxylic acids is 1. The molecule has 1 amide bonds. The molecule has 0 bridgehead atoms. The zero-order chi connectivity index (χ0) is 12.6. The van der Waals surface area contributed by atoms with Crippen molar-refractivity contribution in [2.75, 3.05) is 10.6 Å². The molecule has 1 unspecified atom stereocenters. The van der Waals surface area contributed by atoms with E-state index in [1.165, 1.54) is 0 Å². The third-order valence-electron chi connectivity index (χ3n) is 2.71. The van der Waals surface area contributed by atoms with Crippen LogP contribution in [0.3, 0.4) is 0 Å². The first-order valence-corrected chi connectivity index (χ1v) is 5.38. The molecule has 1 aromatic heterocycles. The molecule has 1 atom stereocenters. The Bertz CT molecular complexity index is 480. The maximum absolute atomic E-state index is 11.7. The predicted octanol–water partition coefficient (Wildman–Crippen LogP) is 0.190. The molecule has 1 aliphatic rings. The Morgan fingerprint density at radius 3 is 2.88 bits per heavy atom. The Balaban J connectivity index is 2.31. The molecule has 17 heavy (non-hydrogen) atoms. The number of carbonyl (C=O) groups is 2. The van der Waals surface area contributed by atoms with Crippen LogP contribution < -0.4 is 10.6 Å². The van der Waals surface area contributed by atoms with Crippen molar-refractivity contribution < 1.29 is 14.7 Å². The monoisotopic (exact) mass is 238 g/mol. The van der Waals surface area contributed by atoms with Gasteiger partial charge in [-0.25, -0.2) is 0 Å². The summed E-state index contributed by atoms with van der Waals surface area (Å²) in [6, 6.07) is -0.750. The Kier molecular flexibility index (Phi) is 2.74. The van der Waals surface area contributed by atoms with Crippen LogP contribution in [0.25, 0.3) is 0 Å². The van der Waals surface area contributed by atoms with Gasteiger partial charge >= 0.3 is 5.97 Å². The highest BCUT2D eigenvalue weighted by molar-refractivity contribution is 6.04. The molecular formula is C10H14N4O3. The van der Waals surface area contributed by atoms with Crippen LogP contribution in [-0.2, 0) is 23.1 Å².